The Morgan fingerprint density at radius 3 is 2.43 bits per heavy atom. The van der Waals surface area contributed by atoms with E-state index in [0.717, 1.165) is 26.7 Å². The van der Waals surface area contributed by atoms with E-state index in [2.05, 4.69) is 38.3 Å². The van der Waals surface area contributed by atoms with E-state index in [1.54, 1.807) is 0 Å². The molecule has 2 aromatic carbocycles. The first kappa shape index (κ1) is 16.0. The van der Waals surface area contributed by atoms with Gasteiger partial charge in [-0.25, -0.2) is 0 Å². The number of amides is 1. The van der Waals surface area contributed by atoms with Gasteiger partial charge >= 0.3 is 0 Å². The second kappa shape index (κ2) is 6.34. The number of aromatic hydroxyl groups is 1. The highest BCUT2D eigenvalue weighted by atomic mass is 79.9. The van der Waals surface area contributed by atoms with Gasteiger partial charge in [-0.1, -0.05) is 28.1 Å². The summed E-state index contributed by atoms with van der Waals surface area (Å²) in [4.78, 5) is 14.0. The van der Waals surface area contributed by atoms with E-state index >= 15 is 0 Å². The van der Waals surface area contributed by atoms with E-state index in [-0.39, 0.29) is 12.1 Å². The van der Waals surface area contributed by atoms with Crippen LogP contribution in [0.25, 0.3) is 0 Å². The quantitative estimate of drug-likeness (QED) is 0.865. The van der Waals surface area contributed by atoms with Crippen molar-refractivity contribution in [3.63, 3.8) is 0 Å². The Bertz CT molecular complexity index is 720. The molecule has 0 aliphatic carbocycles. The lowest BCUT2D eigenvalue weighted by molar-refractivity contribution is -0.118. The normalized spacial score (nSPS) is 18.2. The summed E-state index contributed by atoms with van der Waals surface area (Å²) in [6.07, 6.45) is -0.163. The van der Waals surface area contributed by atoms with Crippen molar-refractivity contribution in [3.05, 3.63) is 63.1 Å². The first-order valence-electron chi connectivity index (χ1n) is 7.52. The van der Waals surface area contributed by atoms with E-state index in [1.807, 2.05) is 38.1 Å². The third-order valence-electron chi connectivity index (χ3n) is 4.14. The smallest absolute Gasteiger partial charge is 0.235 e. The number of hydrogen-bond donors (Lipinski definition) is 2. The standard InChI is InChI=1S/C18H19BrN2O2/c1-11-7-14(8-12(2)17(11)23)18-20-16(22)10-21(18)9-13-3-5-15(19)6-4-13/h3-8,18,23H,9-10H2,1-2H3,(H,20,22)/t18-/m1/s1. The minimum Gasteiger partial charge on any atom is -0.507 e. The number of aryl methyl sites for hydroxylation is 2. The highest BCUT2D eigenvalue weighted by Gasteiger charge is 2.31. The predicted molar refractivity (Wildman–Crippen MR) is 93.0 cm³/mol. The zero-order valence-corrected chi connectivity index (χ0v) is 14.7. The van der Waals surface area contributed by atoms with Crippen LogP contribution in [0, 0.1) is 13.8 Å². The summed E-state index contributed by atoms with van der Waals surface area (Å²) in [6, 6.07) is 12.0. The lowest BCUT2D eigenvalue weighted by atomic mass is 10.0. The molecule has 0 radical (unpaired) electrons. The number of halogens is 1. The molecule has 0 unspecified atom stereocenters. The van der Waals surface area contributed by atoms with Crippen LogP contribution >= 0.6 is 15.9 Å². The molecule has 1 aliphatic rings. The van der Waals surface area contributed by atoms with Crippen molar-refractivity contribution in [1.82, 2.24) is 10.2 Å². The fraction of sp³-hybridized carbons (Fsp3) is 0.278. The van der Waals surface area contributed by atoms with E-state index < -0.39 is 0 Å². The highest BCUT2D eigenvalue weighted by Crippen LogP contribution is 2.30. The zero-order chi connectivity index (χ0) is 16.6. The number of benzene rings is 2. The van der Waals surface area contributed by atoms with Gasteiger partial charge in [0.2, 0.25) is 5.91 Å². The topological polar surface area (TPSA) is 52.6 Å². The molecule has 2 N–H and O–H groups in total. The number of phenols is 1. The molecule has 1 atom stereocenters. The lowest BCUT2D eigenvalue weighted by Crippen LogP contribution is -2.27. The van der Waals surface area contributed by atoms with Gasteiger partial charge in [0, 0.05) is 11.0 Å². The van der Waals surface area contributed by atoms with Crippen LogP contribution in [0.3, 0.4) is 0 Å². The molecule has 1 aliphatic heterocycles. The second-order valence-electron chi connectivity index (χ2n) is 6.00. The number of nitrogens with zero attached hydrogens (tertiary/aromatic N) is 1. The van der Waals surface area contributed by atoms with Crippen molar-refractivity contribution < 1.29 is 9.90 Å². The van der Waals surface area contributed by atoms with E-state index in [0.29, 0.717) is 18.8 Å². The maximum Gasteiger partial charge on any atom is 0.235 e. The Labute approximate surface area is 144 Å². The maximum absolute atomic E-state index is 11.9. The lowest BCUT2D eigenvalue weighted by Gasteiger charge is -2.24. The van der Waals surface area contributed by atoms with Crippen molar-refractivity contribution in [2.24, 2.45) is 0 Å². The van der Waals surface area contributed by atoms with Crippen LogP contribution in [0.2, 0.25) is 0 Å². The van der Waals surface area contributed by atoms with Gasteiger partial charge in [0.25, 0.3) is 0 Å². The molecule has 1 heterocycles. The second-order valence-corrected chi connectivity index (χ2v) is 6.92. The Morgan fingerprint density at radius 1 is 1.22 bits per heavy atom. The third kappa shape index (κ3) is 3.41. The van der Waals surface area contributed by atoms with Gasteiger partial charge < -0.3 is 10.4 Å². The first-order chi connectivity index (χ1) is 10.9. The third-order valence-corrected chi connectivity index (χ3v) is 4.67. The van der Waals surface area contributed by atoms with Gasteiger partial charge in [0.15, 0.2) is 0 Å². The van der Waals surface area contributed by atoms with Gasteiger partial charge in [-0.05, 0) is 60.4 Å². The van der Waals surface area contributed by atoms with Crippen LogP contribution < -0.4 is 5.32 Å². The summed E-state index contributed by atoms with van der Waals surface area (Å²) >= 11 is 3.44. The highest BCUT2D eigenvalue weighted by molar-refractivity contribution is 9.10. The summed E-state index contributed by atoms with van der Waals surface area (Å²) in [5, 5.41) is 13.0. The summed E-state index contributed by atoms with van der Waals surface area (Å²) < 4.78 is 1.04. The van der Waals surface area contributed by atoms with Gasteiger partial charge in [0.05, 0.1) is 6.54 Å². The molecule has 23 heavy (non-hydrogen) atoms. The molecule has 1 amide bonds. The fourth-order valence-corrected chi connectivity index (χ4v) is 3.24. The molecule has 2 aromatic rings. The average molecular weight is 375 g/mol. The average Bonchev–Trinajstić information content (AvgIpc) is 2.87. The molecule has 0 saturated carbocycles. The number of hydrogen-bond acceptors (Lipinski definition) is 3. The molecule has 0 aromatic heterocycles. The molecule has 4 nitrogen and oxygen atoms in total. The van der Waals surface area contributed by atoms with Crippen LogP contribution in [0.4, 0.5) is 0 Å². The Kier molecular flexibility index (Phi) is 4.41. The molecular formula is C18H19BrN2O2. The van der Waals surface area contributed by atoms with Crippen LogP contribution in [0.1, 0.15) is 28.4 Å². The Balaban J connectivity index is 1.87. The Hall–Kier alpha value is -1.85. The van der Waals surface area contributed by atoms with Crippen LogP contribution in [0.15, 0.2) is 40.9 Å². The minimum absolute atomic E-state index is 0.0236. The number of phenolic OH excluding ortho intramolecular Hbond substituents is 1. The fourth-order valence-electron chi connectivity index (χ4n) is 2.98. The molecule has 0 bridgehead atoms. The number of rotatable bonds is 3. The van der Waals surface area contributed by atoms with Crippen molar-refractivity contribution in [1.29, 1.82) is 0 Å². The zero-order valence-electron chi connectivity index (χ0n) is 13.1. The molecule has 1 fully saturated rings. The van der Waals surface area contributed by atoms with Gasteiger partial charge in [-0.15, -0.1) is 0 Å². The largest absolute Gasteiger partial charge is 0.507 e. The molecule has 0 spiro atoms. The molecule has 3 rings (SSSR count). The van der Waals surface area contributed by atoms with Crippen molar-refractivity contribution in [3.8, 4) is 5.75 Å². The predicted octanol–water partition coefficient (Wildman–Crippen LogP) is 3.40. The van der Waals surface area contributed by atoms with Gasteiger partial charge in [-0.2, -0.15) is 0 Å². The number of nitrogens with one attached hydrogen (secondary N) is 1. The minimum atomic E-state index is -0.163. The molecule has 120 valence electrons. The monoisotopic (exact) mass is 374 g/mol. The van der Waals surface area contributed by atoms with Crippen molar-refractivity contribution in [2.45, 2.75) is 26.6 Å². The first-order valence-corrected chi connectivity index (χ1v) is 8.31. The molecule has 5 heteroatoms. The van der Waals surface area contributed by atoms with Gasteiger partial charge in [-0.3, -0.25) is 9.69 Å². The molecular weight excluding hydrogens is 356 g/mol. The number of carbonyl (C=O) groups excluding carboxylic acids is 1. The van der Waals surface area contributed by atoms with Crippen LogP contribution in [-0.2, 0) is 11.3 Å². The maximum atomic E-state index is 11.9. The summed E-state index contributed by atoms with van der Waals surface area (Å²) in [7, 11) is 0. The summed E-state index contributed by atoms with van der Waals surface area (Å²) in [5.74, 6) is 0.341. The van der Waals surface area contributed by atoms with Crippen LogP contribution in [0.5, 0.6) is 5.75 Å². The van der Waals surface area contributed by atoms with Crippen molar-refractivity contribution in [2.75, 3.05) is 6.54 Å². The molecule has 1 saturated heterocycles. The van der Waals surface area contributed by atoms with Gasteiger partial charge in [0.1, 0.15) is 11.9 Å². The van der Waals surface area contributed by atoms with Crippen LogP contribution in [-0.4, -0.2) is 22.5 Å². The Morgan fingerprint density at radius 2 is 1.83 bits per heavy atom. The van der Waals surface area contributed by atoms with E-state index in [4.69, 9.17) is 0 Å². The van der Waals surface area contributed by atoms with E-state index in [1.165, 1.54) is 0 Å². The SMILES string of the molecule is Cc1cc([C@@H]2NC(=O)CN2Cc2ccc(Br)cc2)cc(C)c1O. The summed E-state index contributed by atoms with van der Waals surface area (Å²) in [6.45, 7) is 4.82. The number of carbonyl (C=O) groups is 1. The van der Waals surface area contributed by atoms with E-state index in [9.17, 15) is 9.90 Å². The summed E-state index contributed by atoms with van der Waals surface area (Å²) in [5.41, 5.74) is 3.80. The van der Waals surface area contributed by atoms with Crippen molar-refractivity contribution >= 4 is 21.8 Å².